The van der Waals surface area contributed by atoms with E-state index >= 15 is 0 Å². The molecule has 236 valence electrons. The SMILES string of the molecule is C1=Nc2c(c3ccccc3n2-c2cccc(-c3cccc(-c4cccc(-c5cccc(-n6c7ccccc7c7cccnc76)c5)n4)n3)c2)CC1. The average Bonchev–Trinajstić information content (AvgIpc) is 3.71. The molecule has 0 amide bonds. The molecule has 50 heavy (non-hydrogen) atoms. The van der Waals surface area contributed by atoms with Crippen LogP contribution < -0.4 is 0 Å². The van der Waals surface area contributed by atoms with Crippen molar-refractivity contribution in [1.82, 2.24) is 24.1 Å². The number of hydrogen-bond acceptors (Lipinski definition) is 4. The number of aliphatic imine (C=N–C) groups is 1. The van der Waals surface area contributed by atoms with Crippen molar-refractivity contribution in [2.75, 3.05) is 0 Å². The van der Waals surface area contributed by atoms with Crippen LogP contribution in [0.25, 0.3) is 78.1 Å². The quantitative estimate of drug-likeness (QED) is 0.188. The summed E-state index contributed by atoms with van der Waals surface area (Å²) in [6.45, 7) is 0. The predicted octanol–water partition coefficient (Wildman–Crippen LogP) is 10.6. The van der Waals surface area contributed by atoms with Crippen LogP contribution in [-0.4, -0.2) is 30.3 Å². The Kier molecular flexibility index (Phi) is 6.52. The lowest BCUT2D eigenvalue weighted by molar-refractivity contribution is 1.00. The fourth-order valence-electron chi connectivity index (χ4n) is 7.44. The largest absolute Gasteiger partial charge is 0.294 e. The van der Waals surface area contributed by atoms with Crippen LogP contribution >= 0.6 is 0 Å². The van der Waals surface area contributed by atoms with Gasteiger partial charge < -0.3 is 0 Å². The number of benzene rings is 4. The van der Waals surface area contributed by atoms with Crippen molar-refractivity contribution in [3.05, 3.63) is 157 Å². The Bertz CT molecular complexity index is 2730. The van der Waals surface area contributed by atoms with E-state index in [2.05, 4.69) is 137 Å². The summed E-state index contributed by atoms with van der Waals surface area (Å²) < 4.78 is 4.51. The van der Waals surface area contributed by atoms with E-state index in [0.717, 1.165) is 80.5 Å². The summed E-state index contributed by atoms with van der Waals surface area (Å²) in [6, 6.07) is 50.6. The van der Waals surface area contributed by atoms with Gasteiger partial charge in [-0.15, -0.1) is 0 Å². The van der Waals surface area contributed by atoms with Gasteiger partial charge in [-0.25, -0.2) is 19.9 Å². The minimum absolute atomic E-state index is 0.823. The third kappa shape index (κ3) is 4.57. The minimum Gasteiger partial charge on any atom is -0.294 e. The molecule has 1 aliphatic heterocycles. The molecule has 0 saturated heterocycles. The summed E-state index contributed by atoms with van der Waals surface area (Å²) in [4.78, 5) is 19.9. The number of pyridine rings is 3. The van der Waals surface area contributed by atoms with Crippen molar-refractivity contribution in [3.8, 4) is 45.3 Å². The highest BCUT2D eigenvalue weighted by atomic mass is 15.1. The number of fused-ring (bicyclic) bond motifs is 6. The van der Waals surface area contributed by atoms with Gasteiger partial charge in [-0.3, -0.25) is 9.13 Å². The van der Waals surface area contributed by atoms with Gasteiger partial charge in [-0.2, -0.15) is 0 Å². The number of hydrogen-bond donors (Lipinski definition) is 0. The fourth-order valence-corrected chi connectivity index (χ4v) is 7.44. The van der Waals surface area contributed by atoms with Crippen molar-refractivity contribution in [2.45, 2.75) is 12.8 Å². The maximum Gasteiger partial charge on any atom is 0.145 e. The highest BCUT2D eigenvalue weighted by Crippen LogP contribution is 2.38. The van der Waals surface area contributed by atoms with E-state index in [1.807, 2.05) is 30.6 Å². The molecule has 0 saturated carbocycles. The lowest BCUT2D eigenvalue weighted by atomic mass is 10.1. The molecule has 6 nitrogen and oxygen atoms in total. The maximum atomic E-state index is 5.13. The van der Waals surface area contributed by atoms with E-state index < -0.39 is 0 Å². The molecular formula is C44H30N6. The third-order valence-corrected chi connectivity index (χ3v) is 9.68. The molecule has 10 rings (SSSR count). The summed E-state index contributed by atoms with van der Waals surface area (Å²) in [7, 11) is 0. The smallest absolute Gasteiger partial charge is 0.145 e. The van der Waals surface area contributed by atoms with Crippen molar-refractivity contribution < 1.29 is 0 Å². The van der Waals surface area contributed by atoms with Crippen LogP contribution in [0.1, 0.15) is 12.0 Å². The van der Waals surface area contributed by atoms with Crippen LogP contribution in [-0.2, 0) is 6.42 Å². The molecule has 0 spiro atoms. The number of aromatic nitrogens is 5. The molecule has 6 heteroatoms. The van der Waals surface area contributed by atoms with Crippen LogP contribution in [0.4, 0.5) is 5.82 Å². The van der Waals surface area contributed by atoms with Gasteiger partial charge in [0.05, 0.1) is 33.8 Å². The first kappa shape index (κ1) is 28.4. The van der Waals surface area contributed by atoms with Crippen LogP contribution in [0.3, 0.4) is 0 Å². The van der Waals surface area contributed by atoms with E-state index in [9.17, 15) is 0 Å². The van der Waals surface area contributed by atoms with Gasteiger partial charge in [0.15, 0.2) is 0 Å². The standard InChI is InChI=1S/C44H30N6/c1-3-23-41-33(15-1)35-17-9-25-45-43(35)49(41)31-13-5-11-29(27-31)37-19-7-21-39(47-37)40-22-8-20-38(48-40)30-12-6-14-32(28-30)50-42-24-4-2-16-34(42)36-18-10-26-46-44(36)50/h1-9,11-17,19-28H,10,18H2. The zero-order valence-electron chi connectivity index (χ0n) is 27.1. The molecule has 6 heterocycles. The summed E-state index contributed by atoms with van der Waals surface area (Å²) in [5.41, 5.74) is 12.2. The lowest BCUT2D eigenvalue weighted by Gasteiger charge is -2.13. The summed E-state index contributed by atoms with van der Waals surface area (Å²) >= 11 is 0. The second-order valence-corrected chi connectivity index (χ2v) is 12.6. The molecule has 0 fully saturated rings. The maximum absolute atomic E-state index is 5.13. The molecule has 5 aromatic heterocycles. The Morgan fingerprint density at radius 3 is 1.78 bits per heavy atom. The fraction of sp³-hybridized carbons (Fsp3) is 0.0455. The summed E-state index contributed by atoms with van der Waals surface area (Å²) in [6.07, 6.45) is 5.86. The van der Waals surface area contributed by atoms with Gasteiger partial charge in [0.1, 0.15) is 11.5 Å². The highest BCUT2D eigenvalue weighted by molar-refractivity contribution is 6.07. The average molecular weight is 643 g/mol. The second-order valence-electron chi connectivity index (χ2n) is 12.6. The Labute approximate surface area is 288 Å². The topological polar surface area (TPSA) is 60.9 Å². The first-order valence-electron chi connectivity index (χ1n) is 17.0. The molecule has 4 aromatic carbocycles. The monoisotopic (exact) mass is 642 g/mol. The number of rotatable bonds is 5. The van der Waals surface area contributed by atoms with Crippen LogP contribution in [0, 0.1) is 0 Å². The number of nitrogens with zero attached hydrogens (tertiary/aromatic N) is 6. The summed E-state index contributed by atoms with van der Waals surface area (Å²) in [5, 5.41) is 3.60. The minimum atomic E-state index is 0.823. The molecule has 0 aliphatic carbocycles. The summed E-state index contributed by atoms with van der Waals surface area (Å²) in [5.74, 6) is 1.02. The molecular weight excluding hydrogens is 613 g/mol. The molecule has 0 N–H and O–H groups in total. The molecule has 0 unspecified atom stereocenters. The predicted molar refractivity (Wildman–Crippen MR) is 204 cm³/mol. The van der Waals surface area contributed by atoms with Gasteiger partial charge in [0, 0.05) is 56.6 Å². The Morgan fingerprint density at radius 2 is 1.06 bits per heavy atom. The van der Waals surface area contributed by atoms with Crippen LogP contribution in [0.15, 0.2) is 157 Å². The van der Waals surface area contributed by atoms with Gasteiger partial charge in [-0.05, 0) is 85.6 Å². The van der Waals surface area contributed by atoms with Gasteiger partial charge in [-0.1, -0.05) is 72.8 Å². The van der Waals surface area contributed by atoms with Gasteiger partial charge in [0.2, 0.25) is 0 Å². The molecule has 0 radical (unpaired) electrons. The third-order valence-electron chi connectivity index (χ3n) is 9.68. The van der Waals surface area contributed by atoms with E-state index in [1.165, 1.54) is 21.9 Å². The number of aryl methyl sites for hydroxylation is 1. The van der Waals surface area contributed by atoms with Gasteiger partial charge >= 0.3 is 0 Å². The number of para-hydroxylation sites is 2. The highest BCUT2D eigenvalue weighted by Gasteiger charge is 2.20. The van der Waals surface area contributed by atoms with E-state index in [-0.39, 0.29) is 0 Å². The van der Waals surface area contributed by atoms with Crippen LogP contribution in [0.2, 0.25) is 0 Å². The first-order valence-corrected chi connectivity index (χ1v) is 17.0. The van der Waals surface area contributed by atoms with Gasteiger partial charge in [0.25, 0.3) is 0 Å². The molecule has 0 bridgehead atoms. The van der Waals surface area contributed by atoms with E-state index in [1.54, 1.807) is 0 Å². The molecule has 9 aromatic rings. The zero-order valence-corrected chi connectivity index (χ0v) is 27.1. The van der Waals surface area contributed by atoms with Crippen molar-refractivity contribution in [1.29, 1.82) is 0 Å². The van der Waals surface area contributed by atoms with Crippen LogP contribution in [0.5, 0.6) is 0 Å². The Hall–Kier alpha value is -6.66. The normalized spacial score (nSPS) is 12.6. The van der Waals surface area contributed by atoms with Crippen molar-refractivity contribution in [2.24, 2.45) is 4.99 Å². The Morgan fingerprint density at radius 1 is 0.480 bits per heavy atom. The van der Waals surface area contributed by atoms with E-state index in [0.29, 0.717) is 0 Å². The van der Waals surface area contributed by atoms with Crippen molar-refractivity contribution >= 4 is 44.9 Å². The van der Waals surface area contributed by atoms with E-state index in [4.69, 9.17) is 19.9 Å². The molecule has 0 atom stereocenters. The van der Waals surface area contributed by atoms with Crippen molar-refractivity contribution in [3.63, 3.8) is 0 Å². The molecule has 1 aliphatic rings. The first-order chi connectivity index (χ1) is 24.8. The second kappa shape index (κ2) is 11.5. The lowest BCUT2D eigenvalue weighted by Crippen LogP contribution is -1.98. The zero-order chi connectivity index (χ0) is 33.0. The Balaban J connectivity index is 1.02.